The lowest BCUT2D eigenvalue weighted by Gasteiger charge is -2.55. The van der Waals surface area contributed by atoms with Crippen molar-refractivity contribution in [3.8, 4) is 0 Å². The van der Waals surface area contributed by atoms with Crippen molar-refractivity contribution < 1.29 is 28.7 Å². The highest BCUT2D eigenvalue weighted by Gasteiger charge is 2.60. The molecule has 2 saturated heterocycles. The summed E-state index contributed by atoms with van der Waals surface area (Å²) in [5, 5.41) is 0. The van der Waals surface area contributed by atoms with E-state index in [-0.39, 0.29) is 17.6 Å². The van der Waals surface area contributed by atoms with E-state index in [4.69, 9.17) is 19.6 Å². The van der Waals surface area contributed by atoms with Crippen LogP contribution in [0.3, 0.4) is 0 Å². The zero-order valence-electron chi connectivity index (χ0n) is 22.2. The van der Waals surface area contributed by atoms with Crippen molar-refractivity contribution >= 4 is 11.6 Å². The smallest absolute Gasteiger partial charge is 0.239 e. The molecule has 8 heteroatoms. The SMILES string of the molecule is CC1CC2CC(C)C3(OOC4(CCC(CC(=O)N5CCN(c6ccc(F)cc6)CC5)CC4)OO3)C(C1)C2. The molecule has 2 spiro atoms. The molecule has 204 valence electrons. The zero-order valence-corrected chi connectivity index (χ0v) is 22.2. The highest BCUT2D eigenvalue weighted by atomic mass is 19.1. The van der Waals surface area contributed by atoms with Crippen LogP contribution < -0.4 is 4.90 Å². The summed E-state index contributed by atoms with van der Waals surface area (Å²) >= 11 is 0. The molecule has 4 unspecified atom stereocenters. The van der Waals surface area contributed by atoms with E-state index in [0.29, 0.717) is 50.1 Å². The summed E-state index contributed by atoms with van der Waals surface area (Å²) in [4.78, 5) is 41.6. The molecule has 3 saturated carbocycles. The molecule has 7 nitrogen and oxygen atoms in total. The maximum atomic E-state index is 13.2. The number of hydrogen-bond acceptors (Lipinski definition) is 6. The molecule has 6 rings (SSSR count). The van der Waals surface area contributed by atoms with Crippen molar-refractivity contribution in [1.29, 1.82) is 0 Å². The number of anilines is 1. The number of halogens is 1. The van der Waals surface area contributed by atoms with Gasteiger partial charge in [0.25, 0.3) is 0 Å². The van der Waals surface area contributed by atoms with E-state index in [1.54, 1.807) is 12.1 Å². The van der Waals surface area contributed by atoms with E-state index in [2.05, 4.69) is 18.7 Å². The molecule has 4 atom stereocenters. The molecule has 5 fully saturated rings. The fourth-order valence-corrected chi connectivity index (χ4v) is 7.67. The first-order valence-electron chi connectivity index (χ1n) is 14.4. The van der Waals surface area contributed by atoms with Crippen LogP contribution in [0, 0.1) is 35.4 Å². The molecule has 2 aliphatic heterocycles. The van der Waals surface area contributed by atoms with Gasteiger partial charge in [-0.3, -0.25) is 4.79 Å². The highest BCUT2D eigenvalue weighted by molar-refractivity contribution is 5.76. The van der Waals surface area contributed by atoms with Gasteiger partial charge in [0, 0.05) is 63.0 Å². The van der Waals surface area contributed by atoms with Crippen LogP contribution in [-0.2, 0) is 24.3 Å². The van der Waals surface area contributed by atoms with Crippen LogP contribution in [0.15, 0.2) is 24.3 Å². The van der Waals surface area contributed by atoms with Crippen molar-refractivity contribution in [3.05, 3.63) is 30.1 Å². The van der Waals surface area contributed by atoms with Crippen molar-refractivity contribution in [2.24, 2.45) is 29.6 Å². The van der Waals surface area contributed by atoms with Crippen LogP contribution >= 0.6 is 0 Å². The summed E-state index contributed by atoms with van der Waals surface area (Å²) in [6.45, 7) is 7.44. The molecular formula is C29H41FN2O5. The van der Waals surface area contributed by atoms with Crippen molar-refractivity contribution in [2.45, 2.75) is 83.2 Å². The van der Waals surface area contributed by atoms with Gasteiger partial charge in [0.2, 0.25) is 17.5 Å². The maximum absolute atomic E-state index is 13.2. The van der Waals surface area contributed by atoms with Crippen LogP contribution in [0.25, 0.3) is 0 Å². The number of fused-ring (bicyclic) bond motifs is 3. The van der Waals surface area contributed by atoms with E-state index in [1.165, 1.54) is 18.6 Å². The van der Waals surface area contributed by atoms with Crippen molar-refractivity contribution in [1.82, 2.24) is 4.90 Å². The average Bonchev–Trinajstić information content (AvgIpc) is 2.90. The number of nitrogens with zero attached hydrogens (tertiary/aromatic N) is 2. The molecular weight excluding hydrogens is 475 g/mol. The molecule has 1 aromatic rings. The van der Waals surface area contributed by atoms with Gasteiger partial charge in [0.05, 0.1) is 0 Å². The number of carbonyl (C=O) groups excluding carboxylic acids is 1. The van der Waals surface area contributed by atoms with Gasteiger partial charge in [0.1, 0.15) is 5.82 Å². The number of piperazine rings is 1. The van der Waals surface area contributed by atoms with Gasteiger partial charge in [0.15, 0.2) is 0 Å². The average molecular weight is 517 g/mol. The third-order valence-electron chi connectivity index (χ3n) is 9.79. The van der Waals surface area contributed by atoms with E-state index < -0.39 is 11.6 Å². The first kappa shape index (κ1) is 25.5. The van der Waals surface area contributed by atoms with E-state index in [9.17, 15) is 9.18 Å². The minimum absolute atomic E-state index is 0.216. The topological polar surface area (TPSA) is 60.5 Å². The lowest BCUT2D eigenvalue weighted by Crippen LogP contribution is -2.61. The Morgan fingerprint density at radius 2 is 1.59 bits per heavy atom. The summed E-state index contributed by atoms with van der Waals surface area (Å²) in [6.07, 6.45) is 8.17. The summed E-state index contributed by atoms with van der Waals surface area (Å²) in [7, 11) is 0. The minimum atomic E-state index is -0.859. The summed E-state index contributed by atoms with van der Waals surface area (Å²) < 4.78 is 13.2. The third-order valence-corrected chi connectivity index (χ3v) is 9.79. The molecule has 1 aromatic carbocycles. The van der Waals surface area contributed by atoms with Gasteiger partial charge in [-0.25, -0.2) is 4.39 Å². The Morgan fingerprint density at radius 3 is 2.27 bits per heavy atom. The first-order valence-corrected chi connectivity index (χ1v) is 14.4. The van der Waals surface area contributed by atoms with Gasteiger partial charge in [-0.1, -0.05) is 13.8 Å². The lowest BCUT2D eigenvalue weighted by atomic mass is 9.62. The van der Waals surface area contributed by atoms with Crippen molar-refractivity contribution in [2.75, 3.05) is 31.1 Å². The fourth-order valence-electron chi connectivity index (χ4n) is 7.67. The molecule has 3 aliphatic carbocycles. The Balaban J connectivity index is 0.970. The molecule has 0 radical (unpaired) electrons. The van der Waals surface area contributed by atoms with E-state index >= 15 is 0 Å². The predicted molar refractivity (Wildman–Crippen MR) is 135 cm³/mol. The quantitative estimate of drug-likeness (QED) is 0.498. The Kier molecular flexibility index (Phi) is 6.97. The third kappa shape index (κ3) is 5.02. The maximum Gasteiger partial charge on any atom is 0.239 e. The van der Waals surface area contributed by atoms with Crippen LogP contribution in [0.1, 0.15) is 71.6 Å². The van der Waals surface area contributed by atoms with E-state index in [0.717, 1.165) is 56.8 Å². The van der Waals surface area contributed by atoms with Crippen LogP contribution in [0.4, 0.5) is 10.1 Å². The van der Waals surface area contributed by atoms with Crippen LogP contribution in [-0.4, -0.2) is 48.6 Å². The number of benzene rings is 1. The molecule has 2 heterocycles. The van der Waals surface area contributed by atoms with Gasteiger partial charge >= 0.3 is 0 Å². The molecule has 37 heavy (non-hydrogen) atoms. The number of rotatable bonds is 3. The van der Waals surface area contributed by atoms with Gasteiger partial charge < -0.3 is 9.80 Å². The molecule has 5 aliphatic rings. The Hall–Kier alpha value is -1.74. The van der Waals surface area contributed by atoms with Gasteiger partial charge in [-0.05, 0) is 80.5 Å². The summed E-state index contributed by atoms with van der Waals surface area (Å²) in [6, 6.07) is 6.58. The van der Waals surface area contributed by atoms with Gasteiger partial charge in [-0.2, -0.15) is 19.6 Å². The van der Waals surface area contributed by atoms with Crippen LogP contribution in [0.5, 0.6) is 0 Å². The Bertz CT molecular complexity index is 944. The molecule has 0 aromatic heterocycles. The minimum Gasteiger partial charge on any atom is -0.368 e. The van der Waals surface area contributed by atoms with Gasteiger partial charge in [-0.15, -0.1) is 0 Å². The molecule has 1 amide bonds. The Morgan fingerprint density at radius 1 is 0.919 bits per heavy atom. The normalized spacial score (nSPS) is 40.2. The van der Waals surface area contributed by atoms with E-state index in [1.807, 2.05) is 4.90 Å². The second-order valence-corrected chi connectivity index (χ2v) is 12.5. The lowest BCUT2D eigenvalue weighted by molar-refractivity contribution is -0.677. The largest absolute Gasteiger partial charge is 0.368 e. The summed E-state index contributed by atoms with van der Waals surface area (Å²) in [5.74, 6) is 0.610. The second-order valence-electron chi connectivity index (χ2n) is 12.5. The zero-order chi connectivity index (χ0) is 25.6. The standard InChI is InChI=1S/C29H41FN2O5/c1-20-15-23-17-21(2)29(24(16-20)18-23)36-34-28(35-37-29)9-7-22(8-10-28)19-27(33)32-13-11-31(12-14-32)26-5-3-25(30)4-6-26/h3-6,20-24H,7-19H2,1-2H3. The monoisotopic (exact) mass is 516 g/mol. The number of hydrogen-bond donors (Lipinski definition) is 0. The first-order chi connectivity index (χ1) is 17.8. The Labute approximate surface area is 219 Å². The number of amides is 1. The number of carbonyl (C=O) groups is 1. The predicted octanol–water partition coefficient (Wildman–Crippen LogP) is 5.45. The molecule has 0 N–H and O–H groups in total. The van der Waals surface area contributed by atoms with Crippen LogP contribution in [0.2, 0.25) is 0 Å². The summed E-state index contributed by atoms with van der Waals surface area (Å²) in [5.41, 5.74) is 1.00. The molecule has 2 bridgehead atoms. The second kappa shape index (κ2) is 10.1. The van der Waals surface area contributed by atoms with Crippen molar-refractivity contribution in [3.63, 3.8) is 0 Å². The highest BCUT2D eigenvalue weighted by Crippen LogP contribution is 2.55. The fraction of sp³-hybridized carbons (Fsp3) is 0.759.